The molecule has 0 radical (unpaired) electrons. The van der Waals surface area contributed by atoms with Crippen molar-refractivity contribution in [3.8, 4) is 0 Å². The van der Waals surface area contributed by atoms with Gasteiger partial charge in [-0.25, -0.2) is 18.4 Å². The number of rotatable bonds is 5. The van der Waals surface area contributed by atoms with Gasteiger partial charge in [0.15, 0.2) is 0 Å². The summed E-state index contributed by atoms with van der Waals surface area (Å²) in [5, 5.41) is 0. The Morgan fingerprint density at radius 3 is 2.45 bits per heavy atom. The highest BCUT2D eigenvalue weighted by atomic mass is 32.2. The van der Waals surface area contributed by atoms with E-state index in [1.807, 2.05) is 26.8 Å². The van der Waals surface area contributed by atoms with Crippen molar-refractivity contribution >= 4 is 21.9 Å². The SMILES string of the molecule is Cc1cc(C)nc(NNC(=O)c2cc(S(=O)(=O)N3CCCC[C@@H]3C)ccc2C)n1. The molecule has 0 spiro atoms. The van der Waals surface area contributed by atoms with E-state index in [4.69, 9.17) is 0 Å². The number of benzene rings is 1. The zero-order valence-electron chi connectivity index (χ0n) is 17.2. The lowest BCUT2D eigenvalue weighted by atomic mass is 10.1. The van der Waals surface area contributed by atoms with Crippen LogP contribution >= 0.6 is 0 Å². The molecule has 8 nitrogen and oxygen atoms in total. The summed E-state index contributed by atoms with van der Waals surface area (Å²) in [7, 11) is -3.65. The second-order valence-corrected chi connectivity index (χ2v) is 9.38. The Labute approximate surface area is 171 Å². The zero-order valence-corrected chi connectivity index (χ0v) is 18.0. The number of amides is 1. The highest BCUT2D eigenvalue weighted by molar-refractivity contribution is 7.89. The third-order valence-corrected chi connectivity index (χ3v) is 7.08. The van der Waals surface area contributed by atoms with Crippen LogP contribution < -0.4 is 10.9 Å². The molecular formula is C20H27N5O3S. The molecule has 0 aliphatic carbocycles. The van der Waals surface area contributed by atoms with Crippen LogP contribution in [0.3, 0.4) is 0 Å². The van der Waals surface area contributed by atoms with Gasteiger partial charge in [-0.3, -0.25) is 15.6 Å². The predicted molar refractivity (Wildman–Crippen MR) is 111 cm³/mol. The minimum Gasteiger partial charge on any atom is -0.267 e. The van der Waals surface area contributed by atoms with Gasteiger partial charge in [-0.1, -0.05) is 12.5 Å². The van der Waals surface area contributed by atoms with Crippen LogP contribution in [0.1, 0.15) is 53.5 Å². The molecule has 2 heterocycles. The number of aryl methyl sites for hydroxylation is 3. The Morgan fingerprint density at radius 1 is 1.10 bits per heavy atom. The maximum Gasteiger partial charge on any atom is 0.270 e. The molecule has 0 unspecified atom stereocenters. The lowest BCUT2D eigenvalue weighted by Crippen LogP contribution is -2.42. The summed E-state index contributed by atoms with van der Waals surface area (Å²) in [5.74, 6) is -0.173. The van der Waals surface area contributed by atoms with E-state index in [1.54, 1.807) is 19.1 Å². The third kappa shape index (κ3) is 4.73. The maximum atomic E-state index is 13.1. The van der Waals surface area contributed by atoms with Crippen LogP contribution in [0, 0.1) is 20.8 Å². The van der Waals surface area contributed by atoms with Gasteiger partial charge >= 0.3 is 0 Å². The van der Waals surface area contributed by atoms with Crippen LogP contribution in [0.25, 0.3) is 0 Å². The fraction of sp³-hybridized carbons (Fsp3) is 0.450. The molecule has 1 amide bonds. The number of carbonyl (C=O) groups is 1. The van der Waals surface area contributed by atoms with Crippen molar-refractivity contribution in [2.45, 2.75) is 57.9 Å². The molecule has 2 N–H and O–H groups in total. The van der Waals surface area contributed by atoms with Gasteiger partial charge in [0.05, 0.1) is 4.90 Å². The van der Waals surface area contributed by atoms with Crippen LogP contribution in [0.4, 0.5) is 5.95 Å². The fourth-order valence-electron chi connectivity index (χ4n) is 3.53. The second kappa shape index (κ2) is 8.46. The first-order chi connectivity index (χ1) is 13.7. The quantitative estimate of drug-likeness (QED) is 0.725. The van der Waals surface area contributed by atoms with E-state index < -0.39 is 15.9 Å². The van der Waals surface area contributed by atoms with Crippen molar-refractivity contribution in [2.24, 2.45) is 0 Å². The molecular weight excluding hydrogens is 390 g/mol. The number of anilines is 1. The molecule has 29 heavy (non-hydrogen) atoms. The van der Waals surface area contributed by atoms with E-state index >= 15 is 0 Å². The van der Waals surface area contributed by atoms with Crippen LogP contribution in [-0.4, -0.2) is 41.2 Å². The Kier molecular flexibility index (Phi) is 6.18. The molecule has 156 valence electrons. The van der Waals surface area contributed by atoms with E-state index in [9.17, 15) is 13.2 Å². The van der Waals surface area contributed by atoms with Gasteiger partial charge in [0.2, 0.25) is 16.0 Å². The molecule has 1 aliphatic rings. The van der Waals surface area contributed by atoms with Crippen molar-refractivity contribution in [1.29, 1.82) is 0 Å². The first kappa shape index (κ1) is 21.2. The normalized spacial score (nSPS) is 17.7. The number of carbonyl (C=O) groups excluding carboxylic acids is 1. The number of nitrogens with zero attached hydrogens (tertiary/aromatic N) is 3. The number of sulfonamides is 1. The first-order valence-corrected chi connectivity index (χ1v) is 11.1. The van der Waals surface area contributed by atoms with Crippen molar-refractivity contribution in [2.75, 3.05) is 12.0 Å². The summed E-state index contributed by atoms with van der Waals surface area (Å²) in [5.41, 5.74) is 7.76. The first-order valence-electron chi connectivity index (χ1n) is 9.69. The van der Waals surface area contributed by atoms with E-state index in [2.05, 4.69) is 20.8 Å². The van der Waals surface area contributed by atoms with Gasteiger partial charge in [-0.15, -0.1) is 0 Å². The zero-order chi connectivity index (χ0) is 21.2. The number of aromatic nitrogens is 2. The number of hydrogen-bond donors (Lipinski definition) is 2. The molecule has 1 fully saturated rings. The Morgan fingerprint density at radius 2 is 1.79 bits per heavy atom. The van der Waals surface area contributed by atoms with Crippen molar-refractivity contribution < 1.29 is 13.2 Å². The summed E-state index contributed by atoms with van der Waals surface area (Å²) >= 11 is 0. The third-order valence-electron chi connectivity index (χ3n) is 5.07. The number of hydrazine groups is 1. The Hall–Kier alpha value is -2.52. The molecule has 2 aromatic rings. The molecule has 1 aromatic carbocycles. The molecule has 9 heteroatoms. The smallest absolute Gasteiger partial charge is 0.267 e. The van der Waals surface area contributed by atoms with Gasteiger partial charge < -0.3 is 0 Å². The van der Waals surface area contributed by atoms with Crippen LogP contribution in [0.15, 0.2) is 29.2 Å². The molecule has 1 aliphatic heterocycles. The molecule has 1 saturated heterocycles. The minimum atomic E-state index is -3.65. The summed E-state index contributed by atoms with van der Waals surface area (Å²) < 4.78 is 27.7. The van der Waals surface area contributed by atoms with E-state index in [0.717, 1.165) is 30.7 Å². The standard InChI is InChI=1S/C20H27N5O3S/c1-13-8-9-17(29(27,28)25-10-6-5-7-16(25)4)12-18(13)19(26)23-24-20-21-14(2)11-15(3)22-20/h8-9,11-12,16H,5-7,10H2,1-4H3,(H,23,26)(H,21,22,24)/t16-/m0/s1. The summed E-state index contributed by atoms with van der Waals surface area (Å²) in [4.78, 5) is 21.2. The molecule has 1 aromatic heterocycles. The van der Waals surface area contributed by atoms with Gasteiger partial charge in [0.1, 0.15) is 0 Å². The highest BCUT2D eigenvalue weighted by Gasteiger charge is 2.31. The molecule has 1 atom stereocenters. The fourth-order valence-corrected chi connectivity index (χ4v) is 5.26. The molecule has 0 saturated carbocycles. The highest BCUT2D eigenvalue weighted by Crippen LogP contribution is 2.26. The van der Waals surface area contributed by atoms with Crippen LogP contribution in [0.5, 0.6) is 0 Å². The second-order valence-electron chi connectivity index (χ2n) is 7.49. The van der Waals surface area contributed by atoms with Gasteiger partial charge in [0, 0.05) is 29.5 Å². The van der Waals surface area contributed by atoms with Gasteiger partial charge in [0.25, 0.3) is 5.91 Å². The van der Waals surface area contributed by atoms with E-state index in [-0.39, 0.29) is 22.4 Å². The predicted octanol–water partition coefficient (Wildman–Crippen LogP) is 2.72. The molecule has 3 rings (SSSR count). The summed E-state index contributed by atoms with van der Waals surface area (Å²) in [6, 6.07) is 6.43. The van der Waals surface area contributed by atoms with Crippen LogP contribution in [0.2, 0.25) is 0 Å². The van der Waals surface area contributed by atoms with Crippen molar-refractivity contribution in [3.63, 3.8) is 0 Å². The topological polar surface area (TPSA) is 104 Å². The number of nitrogens with one attached hydrogen (secondary N) is 2. The Bertz CT molecular complexity index is 1000. The lowest BCUT2D eigenvalue weighted by molar-refractivity contribution is 0.0961. The van der Waals surface area contributed by atoms with E-state index in [1.165, 1.54) is 10.4 Å². The number of hydrogen-bond acceptors (Lipinski definition) is 6. The largest absolute Gasteiger partial charge is 0.270 e. The van der Waals surface area contributed by atoms with Crippen molar-refractivity contribution in [1.82, 2.24) is 19.7 Å². The van der Waals surface area contributed by atoms with E-state index in [0.29, 0.717) is 12.1 Å². The molecule has 0 bridgehead atoms. The monoisotopic (exact) mass is 417 g/mol. The summed E-state index contributed by atoms with van der Waals surface area (Å²) in [6.45, 7) is 7.86. The average molecular weight is 418 g/mol. The maximum absolute atomic E-state index is 13.1. The minimum absolute atomic E-state index is 0.0456. The van der Waals surface area contributed by atoms with Crippen LogP contribution in [-0.2, 0) is 10.0 Å². The van der Waals surface area contributed by atoms with Gasteiger partial charge in [-0.2, -0.15) is 4.31 Å². The van der Waals surface area contributed by atoms with Gasteiger partial charge in [-0.05, 0) is 64.3 Å². The summed E-state index contributed by atoms with van der Waals surface area (Å²) in [6.07, 6.45) is 2.72. The number of piperidine rings is 1. The van der Waals surface area contributed by atoms with Crippen molar-refractivity contribution in [3.05, 3.63) is 46.8 Å². The average Bonchev–Trinajstić information content (AvgIpc) is 2.65. The Balaban J connectivity index is 1.82. The lowest BCUT2D eigenvalue weighted by Gasteiger charge is -2.32.